The Morgan fingerprint density at radius 2 is 0.625 bits per heavy atom. The molecule has 0 radical (unpaired) electrons. The Balaban J connectivity index is 0.872. The van der Waals surface area contributed by atoms with Gasteiger partial charge < -0.3 is 47.4 Å². The van der Waals surface area contributed by atoms with Gasteiger partial charge >= 0.3 is 11.9 Å². The average Bonchev–Trinajstić information content (AvgIpc) is 0.959. The van der Waals surface area contributed by atoms with E-state index in [-0.39, 0.29) is 151 Å². The fourth-order valence-electron chi connectivity index (χ4n) is 17.0. The van der Waals surface area contributed by atoms with E-state index < -0.39 is 47.7 Å². The number of ether oxygens (including phenoxy) is 10. The number of amides is 4. The fraction of sp³-hybridized carbons (Fsp3) is 0.260. The highest BCUT2D eigenvalue weighted by Crippen LogP contribution is 2.59. The maximum Gasteiger partial charge on any atom is 0.329 e. The molecule has 0 aliphatic carbocycles. The number of epoxide rings is 3. The Hall–Kier alpha value is -12.7. The van der Waals surface area contributed by atoms with E-state index >= 15 is 28.8 Å². The summed E-state index contributed by atoms with van der Waals surface area (Å²) in [4.78, 5) is 104. The summed E-state index contributed by atoms with van der Waals surface area (Å²) < 4.78 is 64.8. The van der Waals surface area contributed by atoms with Crippen molar-refractivity contribution in [2.45, 2.75) is 77.0 Å². The van der Waals surface area contributed by atoms with Crippen LogP contribution in [0.4, 0.5) is 0 Å². The van der Waals surface area contributed by atoms with Gasteiger partial charge in [0.15, 0.2) is 0 Å². The van der Waals surface area contributed by atoms with Crippen molar-refractivity contribution in [3.05, 3.63) is 265 Å². The molecule has 6 heterocycles. The second-order valence-electron chi connectivity index (χ2n) is 32.6. The average molecular weight is 1600 g/mol. The van der Waals surface area contributed by atoms with Crippen LogP contribution in [0.1, 0.15) is 82.0 Å². The number of rotatable bonds is 33. The van der Waals surface area contributed by atoms with Crippen LogP contribution >= 0.6 is 0 Å². The summed E-state index contributed by atoms with van der Waals surface area (Å²) >= 11 is 0. The number of hydrogen-bond donors (Lipinski definition) is 0. The second-order valence-corrected chi connectivity index (χ2v) is 32.6. The summed E-state index contributed by atoms with van der Waals surface area (Å²) in [5, 5.41) is 1.99. The third kappa shape index (κ3) is 15.7. The number of benzene rings is 13. The van der Waals surface area contributed by atoms with Crippen LogP contribution in [0, 0.1) is 11.8 Å². The standard InChI is InChI=1S/C100H88N4O16/c1-59(2)45-81(99(109)112-43-41-101(51-74-56-114-74)52-75-57-115-75)103-95(105)77-47-83(117-70-33-25-65(26-34-70)61-17-9-5-10-18-61)89-91-85(119-72-37-29-67(30-38-72)63-21-13-7-14-22-63)49-79-88-80(98(108)104(97(79)107)82(46-60(3)4)100(110)113-44-42-102(53-76-58-116-76)69-54-111-55-69)50-86(120-73-39-31-68(32-40-73)64-23-15-8-16-24-64)92(94(88)91)90-84(48-78(96(103)106)87(77)93(89)90)118-71-35-27-66(28-36-71)62-19-11-6-12-20-62/h5-40,47-50,59-60,69,74-76,81-82H,41-46,51-58H2,1-4H3. The zero-order valence-corrected chi connectivity index (χ0v) is 66.9. The predicted molar refractivity (Wildman–Crippen MR) is 457 cm³/mol. The molecule has 4 saturated heterocycles. The van der Waals surface area contributed by atoms with Crippen molar-refractivity contribution < 1.29 is 76.1 Å². The lowest BCUT2D eigenvalue weighted by Crippen LogP contribution is -2.53. The van der Waals surface area contributed by atoms with Gasteiger partial charge in [-0.1, -0.05) is 198 Å². The minimum atomic E-state index is -1.43. The van der Waals surface area contributed by atoms with Gasteiger partial charge in [0, 0.05) is 75.8 Å². The Bertz CT molecular complexity index is 5480. The summed E-state index contributed by atoms with van der Waals surface area (Å²) in [7, 11) is 0. The molecule has 20 heteroatoms. The van der Waals surface area contributed by atoms with Gasteiger partial charge in [0.2, 0.25) is 0 Å². The van der Waals surface area contributed by atoms with E-state index in [0.29, 0.717) is 88.8 Å². The molecule has 19 rings (SSSR count). The first kappa shape index (κ1) is 77.3. The van der Waals surface area contributed by atoms with Crippen molar-refractivity contribution in [1.29, 1.82) is 0 Å². The molecule has 20 nitrogen and oxygen atoms in total. The lowest BCUT2D eigenvalue weighted by atomic mass is 9.80. The molecule has 6 aliphatic rings. The number of fused-ring (bicyclic) bond motifs is 2. The van der Waals surface area contributed by atoms with E-state index in [9.17, 15) is 0 Å². The lowest BCUT2D eigenvalue weighted by Gasteiger charge is -2.37. The number of carbonyl (C=O) groups is 6. The van der Waals surface area contributed by atoms with E-state index in [1.165, 1.54) is 0 Å². The highest BCUT2D eigenvalue weighted by Gasteiger charge is 2.48. The molecule has 13 aromatic rings. The molecule has 0 bridgehead atoms. The molecular formula is C100H88N4O16. The highest BCUT2D eigenvalue weighted by molar-refractivity contribution is 6.45. The fourth-order valence-corrected chi connectivity index (χ4v) is 17.0. The van der Waals surface area contributed by atoms with Crippen molar-refractivity contribution in [3.8, 4) is 90.5 Å². The topological polar surface area (TPSA) is 218 Å². The molecular weight excluding hydrogens is 1510 g/mol. The molecule has 0 N–H and O–H groups in total. The third-order valence-electron chi connectivity index (χ3n) is 23.3. The van der Waals surface area contributed by atoms with Crippen LogP contribution in [-0.4, -0.2) is 171 Å². The first-order valence-electron chi connectivity index (χ1n) is 41.3. The van der Waals surface area contributed by atoms with Crippen molar-refractivity contribution in [2.24, 2.45) is 11.8 Å². The minimum absolute atomic E-state index is 0.000877. The van der Waals surface area contributed by atoms with Crippen LogP contribution in [-0.2, 0) is 38.0 Å². The van der Waals surface area contributed by atoms with Crippen LogP contribution < -0.4 is 18.9 Å². The predicted octanol–water partition coefficient (Wildman–Crippen LogP) is 18.9. The van der Waals surface area contributed by atoms with Crippen molar-refractivity contribution in [3.63, 3.8) is 0 Å². The van der Waals surface area contributed by atoms with Gasteiger partial charge in [0.25, 0.3) is 23.6 Å². The van der Waals surface area contributed by atoms with E-state index in [1.54, 1.807) is 24.3 Å². The zero-order chi connectivity index (χ0) is 81.8. The summed E-state index contributed by atoms with van der Waals surface area (Å²) in [5.41, 5.74) is 7.36. The monoisotopic (exact) mass is 1600 g/mol. The molecule has 0 saturated carbocycles. The molecule has 4 amide bonds. The van der Waals surface area contributed by atoms with E-state index in [2.05, 4.69) is 9.80 Å². The molecule has 4 fully saturated rings. The first-order chi connectivity index (χ1) is 58.6. The summed E-state index contributed by atoms with van der Waals surface area (Å²) in [6, 6.07) is 73.4. The van der Waals surface area contributed by atoms with Gasteiger partial charge in [-0.15, -0.1) is 0 Å². The number of imide groups is 2. The molecule has 0 spiro atoms. The maximum absolute atomic E-state index is 16.7. The molecule has 604 valence electrons. The van der Waals surface area contributed by atoms with Gasteiger partial charge in [-0.25, -0.2) is 9.59 Å². The SMILES string of the molecule is CC(C)CC(C(=O)OCCN(CC1CO1)CC1CO1)N1C(=O)c2cc(Oc3ccc(-c4ccccc4)cc3)c3c4c(Oc5ccc(-c6ccccc6)cc5)cc5c6c(cc(Oc7ccc(-c8ccccc8)cc7)c(c7c(Oc8ccc(-c9ccccc9)cc8)cc(c2c37)C1=O)c64)C(=O)N(C(CC(C)C)C(=O)OCCN(CC1CO1)C1COC1)C5=O. The normalized spacial score (nSPS) is 17.2. The van der Waals surface area contributed by atoms with Crippen molar-refractivity contribution in [1.82, 2.24) is 19.6 Å². The number of nitrogens with zero attached hydrogens (tertiary/aromatic N) is 4. The smallest absolute Gasteiger partial charge is 0.329 e. The summed E-state index contributed by atoms with van der Waals surface area (Å²) in [6.45, 7) is 13.1. The molecule has 120 heavy (non-hydrogen) atoms. The quantitative estimate of drug-likeness (QED) is 0.0123. The number of esters is 2. The third-order valence-corrected chi connectivity index (χ3v) is 23.3. The molecule has 5 atom stereocenters. The van der Waals surface area contributed by atoms with Crippen molar-refractivity contribution in [2.75, 3.05) is 79.0 Å². The van der Waals surface area contributed by atoms with Crippen LogP contribution in [0.25, 0.3) is 87.6 Å². The first-order valence-corrected chi connectivity index (χ1v) is 41.3. The van der Waals surface area contributed by atoms with E-state index in [0.717, 1.165) is 54.3 Å². The Kier molecular flexibility index (Phi) is 21.2. The largest absolute Gasteiger partial charge is 0.463 e. The van der Waals surface area contributed by atoms with Gasteiger partial charge in [-0.05, 0) is 142 Å². The Labute approximate surface area is 693 Å². The van der Waals surface area contributed by atoms with Gasteiger partial charge in [0.05, 0.1) is 79.6 Å². The van der Waals surface area contributed by atoms with E-state index in [1.807, 2.05) is 246 Å². The maximum atomic E-state index is 16.7. The van der Waals surface area contributed by atoms with Gasteiger partial charge in [0.1, 0.15) is 71.3 Å². The van der Waals surface area contributed by atoms with E-state index in [4.69, 9.17) is 47.4 Å². The summed E-state index contributed by atoms with van der Waals surface area (Å²) in [5.74, 6) is -3.59. The van der Waals surface area contributed by atoms with Crippen LogP contribution in [0.3, 0.4) is 0 Å². The lowest BCUT2D eigenvalue weighted by molar-refractivity contribution is -0.150. The van der Waals surface area contributed by atoms with Crippen LogP contribution in [0.5, 0.6) is 46.0 Å². The van der Waals surface area contributed by atoms with Crippen LogP contribution in [0.2, 0.25) is 0 Å². The number of hydrogen-bond acceptors (Lipinski definition) is 18. The molecule has 0 aromatic heterocycles. The molecule has 13 aromatic carbocycles. The second kappa shape index (κ2) is 32.9. The van der Waals surface area contributed by atoms with Gasteiger partial charge in [-0.2, -0.15) is 0 Å². The van der Waals surface area contributed by atoms with Gasteiger partial charge in [-0.3, -0.25) is 38.8 Å². The Morgan fingerprint density at radius 1 is 0.350 bits per heavy atom. The van der Waals surface area contributed by atoms with Crippen LogP contribution in [0.15, 0.2) is 243 Å². The zero-order valence-electron chi connectivity index (χ0n) is 66.9. The number of carbonyl (C=O) groups excluding carboxylic acids is 6. The minimum Gasteiger partial charge on any atom is -0.463 e. The summed E-state index contributed by atoms with van der Waals surface area (Å²) in [6.07, 6.45) is 0.244. The molecule has 5 unspecified atom stereocenters. The Morgan fingerprint density at radius 3 is 0.892 bits per heavy atom. The molecule has 6 aliphatic heterocycles. The van der Waals surface area contributed by atoms with Crippen molar-refractivity contribution >= 4 is 78.7 Å². The highest BCUT2D eigenvalue weighted by atomic mass is 16.6.